The Balaban J connectivity index is 1.67. The number of nitrogens with one attached hydrogen (secondary N) is 2. The zero-order valence-corrected chi connectivity index (χ0v) is 16.5. The first-order valence-corrected chi connectivity index (χ1v) is 9.55. The third kappa shape index (κ3) is 5.65. The second-order valence-electron chi connectivity index (χ2n) is 6.19. The van der Waals surface area contributed by atoms with Gasteiger partial charge in [-0.1, -0.05) is 23.2 Å². The molecule has 1 aromatic heterocycles. The van der Waals surface area contributed by atoms with Crippen molar-refractivity contribution in [3.8, 4) is 0 Å². The van der Waals surface area contributed by atoms with Crippen LogP contribution in [-0.2, 0) is 4.74 Å². The summed E-state index contributed by atoms with van der Waals surface area (Å²) in [6.07, 6.45) is 2.10. The summed E-state index contributed by atoms with van der Waals surface area (Å²) in [4.78, 5) is 21.4. The van der Waals surface area contributed by atoms with E-state index in [1.165, 1.54) is 6.33 Å². The van der Waals surface area contributed by atoms with E-state index in [1.54, 1.807) is 18.2 Å². The largest absolute Gasteiger partial charge is 0.379 e. The molecule has 28 heavy (non-hydrogen) atoms. The lowest BCUT2D eigenvalue weighted by Crippen LogP contribution is -2.37. The highest BCUT2D eigenvalue weighted by Gasteiger charge is 2.23. The lowest BCUT2D eigenvalue weighted by atomic mass is 10.3. The number of hydrogen-bond donors (Lipinski definition) is 2. The van der Waals surface area contributed by atoms with Crippen LogP contribution in [0.25, 0.3) is 0 Å². The first-order valence-electron chi connectivity index (χ1n) is 8.79. The molecule has 0 spiro atoms. The first kappa shape index (κ1) is 20.5. The molecule has 0 aliphatic carbocycles. The molecule has 11 heteroatoms. The standard InChI is InChI=1S/C17H20Cl2N6O3/c18-12-8-13(19)10-14(9-12)23-17-15(25(26)27)16(21-11-22-17)20-2-1-3-24-4-6-28-7-5-24/h8-11H,1-7H2,(H2,20,21,22,23). The zero-order chi connectivity index (χ0) is 19.9. The predicted octanol–water partition coefficient (Wildman–Crippen LogP) is 3.57. The molecule has 0 amide bonds. The highest BCUT2D eigenvalue weighted by atomic mass is 35.5. The number of aromatic nitrogens is 2. The van der Waals surface area contributed by atoms with Crippen molar-refractivity contribution in [2.24, 2.45) is 0 Å². The van der Waals surface area contributed by atoms with E-state index in [2.05, 4.69) is 25.5 Å². The Labute approximate surface area is 172 Å². The van der Waals surface area contributed by atoms with Crippen molar-refractivity contribution in [2.45, 2.75) is 6.42 Å². The van der Waals surface area contributed by atoms with Gasteiger partial charge < -0.3 is 15.4 Å². The van der Waals surface area contributed by atoms with Crippen LogP contribution in [-0.4, -0.2) is 59.2 Å². The van der Waals surface area contributed by atoms with Crippen LogP contribution in [0, 0.1) is 10.1 Å². The van der Waals surface area contributed by atoms with Gasteiger partial charge >= 0.3 is 5.69 Å². The third-order valence-electron chi connectivity index (χ3n) is 4.18. The second kappa shape index (κ2) is 9.83. The van der Waals surface area contributed by atoms with Gasteiger partial charge in [0, 0.05) is 35.4 Å². The van der Waals surface area contributed by atoms with Crippen LogP contribution in [0.15, 0.2) is 24.5 Å². The number of anilines is 3. The van der Waals surface area contributed by atoms with Gasteiger partial charge in [-0.2, -0.15) is 0 Å². The molecule has 2 N–H and O–H groups in total. The molecule has 0 atom stereocenters. The van der Waals surface area contributed by atoms with Crippen LogP contribution in [0.1, 0.15) is 6.42 Å². The van der Waals surface area contributed by atoms with E-state index in [9.17, 15) is 10.1 Å². The summed E-state index contributed by atoms with van der Waals surface area (Å²) in [6, 6.07) is 4.79. The molecule has 1 saturated heterocycles. The number of hydrogen-bond acceptors (Lipinski definition) is 8. The summed E-state index contributed by atoms with van der Waals surface area (Å²) in [7, 11) is 0. The van der Waals surface area contributed by atoms with Gasteiger partial charge in [0.05, 0.1) is 18.1 Å². The minimum Gasteiger partial charge on any atom is -0.379 e. The van der Waals surface area contributed by atoms with Gasteiger partial charge in [0.1, 0.15) is 6.33 Å². The number of nitro groups is 1. The maximum absolute atomic E-state index is 11.6. The molecule has 9 nitrogen and oxygen atoms in total. The van der Waals surface area contributed by atoms with Crippen molar-refractivity contribution in [3.05, 3.63) is 44.7 Å². The number of rotatable bonds is 8. The van der Waals surface area contributed by atoms with Gasteiger partial charge in [-0.05, 0) is 31.2 Å². The molecule has 0 unspecified atom stereocenters. The van der Waals surface area contributed by atoms with E-state index >= 15 is 0 Å². The Bertz CT molecular complexity index is 812. The van der Waals surface area contributed by atoms with Crippen molar-refractivity contribution in [3.63, 3.8) is 0 Å². The normalized spacial score (nSPS) is 14.6. The fraction of sp³-hybridized carbons (Fsp3) is 0.412. The van der Waals surface area contributed by atoms with E-state index in [1.807, 2.05) is 0 Å². The SMILES string of the molecule is O=[N+]([O-])c1c(NCCCN2CCOCC2)ncnc1Nc1cc(Cl)cc(Cl)c1. The molecular formula is C17H20Cl2N6O3. The fourth-order valence-electron chi connectivity index (χ4n) is 2.87. The molecule has 0 bridgehead atoms. The quantitative estimate of drug-likeness (QED) is 0.374. The molecule has 1 aliphatic heterocycles. The molecule has 2 heterocycles. The van der Waals surface area contributed by atoms with E-state index in [4.69, 9.17) is 27.9 Å². The van der Waals surface area contributed by atoms with Crippen molar-refractivity contribution >= 4 is 46.2 Å². The summed E-state index contributed by atoms with van der Waals surface area (Å²) in [5.74, 6) is 0.228. The fourth-order valence-corrected chi connectivity index (χ4v) is 3.40. The number of halogens is 2. The Kier molecular flexibility index (Phi) is 7.21. The molecule has 0 saturated carbocycles. The summed E-state index contributed by atoms with van der Waals surface area (Å²) in [6.45, 7) is 4.74. The van der Waals surface area contributed by atoms with Crippen molar-refractivity contribution < 1.29 is 9.66 Å². The number of morpholine rings is 1. The summed E-state index contributed by atoms with van der Waals surface area (Å²) < 4.78 is 5.32. The van der Waals surface area contributed by atoms with Gasteiger partial charge in [0.2, 0.25) is 11.6 Å². The van der Waals surface area contributed by atoms with Crippen molar-refractivity contribution in [2.75, 3.05) is 50.0 Å². The Morgan fingerprint density at radius 2 is 1.82 bits per heavy atom. The van der Waals surface area contributed by atoms with Crippen LogP contribution in [0.4, 0.5) is 23.0 Å². The highest BCUT2D eigenvalue weighted by Crippen LogP contribution is 2.32. The summed E-state index contributed by atoms with van der Waals surface area (Å²) in [5, 5.41) is 18.4. The van der Waals surface area contributed by atoms with Crippen molar-refractivity contribution in [1.29, 1.82) is 0 Å². The van der Waals surface area contributed by atoms with Crippen LogP contribution in [0.2, 0.25) is 10.0 Å². The number of ether oxygens (including phenoxy) is 1. The number of nitrogens with zero attached hydrogens (tertiary/aromatic N) is 4. The van der Waals surface area contributed by atoms with E-state index < -0.39 is 4.92 Å². The van der Waals surface area contributed by atoms with Gasteiger partial charge in [-0.25, -0.2) is 9.97 Å². The van der Waals surface area contributed by atoms with Gasteiger partial charge in [-0.15, -0.1) is 0 Å². The minimum absolute atomic E-state index is 0.0639. The third-order valence-corrected chi connectivity index (χ3v) is 4.61. The lowest BCUT2D eigenvalue weighted by molar-refractivity contribution is -0.383. The highest BCUT2D eigenvalue weighted by molar-refractivity contribution is 6.35. The van der Waals surface area contributed by atoms with Crippen LogP contribution < -0.4 is 10.6 Å². The van der Waals surface area contributed by atoms with Crippen LogP contribution in [0.3, 0.4) is 0 Å². The van der Waals surface area contributed by atoms with Crippen LogP contribution >= 0.6 is 23.2 Å². The average molecular weight is 427 g/mol. The van der Waals surface area contributed by atoms with Crippen molar-refractivity contribution in [1.82, 2.24) is 14.9 Å². The van der Waals surface area contributed by atoms with Gasteiger partial charge in [-0.3, -0.25) is 15.0 Å². The molecular weight excluding hydrogens is 407 g/mol. The van der Waals surface area contributed by atoms with Crippen LogP contribution in [0.5, 0.6) is 0 Å². The molecule has 1 fully saturated rings. The maximum Gasteiger partial charge on any atom is 0.353 e. The second-order valence-corrected chi connectivity index (χ2v) is 7.07. The molecule has 0 radical (unpaired) electrons. The van der Waals surface area contributed by atoms with Gasteiger partial charge in [0.15, 0.2) is 0 Å². The number of benzene rings is 1. The average Bonchev–Trinajstić information content (AvgIpc) is 2.65. The Morgan fingerprint density at radius 3 is 2.50 bits per heavy atom. The smallest absolute Gasteiger partial charge is 0.353 e. The lowest BCUT2D eigenvalue weighted by Gasteiger charge is -2.26. The summed E-state index contributed by atoms with van der Waals surface area (Å²) in [5.41, 5.74) is 0.266. The molecule has 150 valence electrons. The Morgan fingerprint density at radius 1 is 1.14 bits per heavy atom. The molecule has 1 aliphatic rings. The predicted molar refractivity (Wildman–Crippen MR) is 109 cm³/mol. The molecule has 3 rings (SSSR count). The Hall–Kier alpha value is -2.20. The van der Waals surface area contributed by atoms with E-state index in [0.29, 0.717) is 22.3 Å². The zero-order valence-electron chi connectivity index (χ0n) is 15.0. The maximum atomic E-state index is 11.6. The van der Waals surface area contributed by atoms with E-state index in [0.717, 1.165) is 39.3 Å². The molecule has 2 aromatic rings. The van der Waals surface area contributed by atoms with E-state index in [-0.39, 0.29) is 17.3 Å². The monoisotopic (exact) mass is 426 g/mol. The topological polar surface area (TPSA) is 105 Å². The molecule has 1 aromatic carbocycles. The van der Waals surface area contributed by atoms with Gasteiger partial charge in [0.25, 0.3) is 0 Å². The summed E-state index contributed by atoms with van der Waals surface area (Å²) >= 11 is 12.0. The first-order chi connectivity index (χ1) is 13.5. The minimum atomic E-state index is -0.515.